The number of hydrogen-bond donors (Lipinski definition) is 0. The molecular formula is C23H15FN2O4. The molecule has 148 valence electrons. The molecule has 4 aromatic rings. The summed E-state index contributed by atoms with van der Waals surface area (Å²) in [6, 6.07) is 18.8. The third-order valence-electron chi connectivity index (χ3n) is 4.50. The van der Waals surface area contributed by atoms with E-state index in [1.165, 1.54) is 30.3 Å². The molecule has 0 spiro atoms. The topological polar surface area (TPSA) is 78.3 Å². The quantitative estimate of drug-likeness (QED) is 0.180. The molecule has 0 aliphatic rings. The zero-order chi connectivity index (χ0) is 21.1. The van der Waals surface area contributed by atoms with Gasteiger partial charge < -0.3 is 8.98 Å². The van der Waals surface area contributed by atoms with E-state index in [2.05, 4.69) is 0 Å². The van der Waals surface area contributed by atoms with Gasteiger partial charge in [0.25, 0.3) is 5.69 Å². The number of rotatable bonds is 6. The second-order valence-corrected chi connectivity index (χ2v) is 6.44. The normalized spacial score (nSPS) is 11.1. The van der Waals surface area contributed by atoms with E-state index in [-0.39, 0.29) is 23.0 Å². The Hall–Kier alpha value is -4.26. The van der Waals surface area contributed by atoms with Crippen LogP contribution in [0.2, 0.25) is 0 Å². The first kappa shape index (κ1) is 19.1. The molecule has 0 bridgehead atoms. The van der Waals surface area contributed by atoms with Crippen LogP contribution in [0.25, 0.3) is 23.1 Å². The van der Waals surface area contributed by atoms with Crippen LogP contribution in [0.4, 0.5) is 10.1 Å². The molecule has 0 amide bonds. The molecular weight excluding hydrogens is 387 g/mol. The first-order valence-electron chi connectivity index (χ1n) is 9.01. The zero-order valence-electron chi connectivity index (χ0n) is 15.6. The van der Waals surface area contributed by atoms with Crippen molar-refractivity contribution >= 4 is 17.5 Å². The Kier molecular flexibility index (Phi) is 5.09. The zero-order valence-corrected chi connectivity index (χ0v) is 15.6. The van der Waals surface area contributed by atoms with Crippen molar-refractivity contribution in [2.75, 3.05) is 0 Å². The maximum absolute atomic E-state index is 13.1. The second-order valence-electron chi connectivity index (χ2n) is 6.44. The molecule has 4 rings (SSSR count). The van der Waals surface area contributed by atoms with Crippen molar-refractivity contribution in [3.63, 3.8) is 0 Å². The van der Waals surface area contributed by atoms with Gasteiger partial charge in [0.05, 0.1) is 4.92 Å². The number of nitrogens with zero attached hydrogens (tertiary/aromatic N) is 2. The number of carbonyl (C=O) groups is 1. The Balaban J connectivity index is 1.52. The van der Waals surface area contributed by atoms with E-state index in [9.17, 15) is 19.3 Å². The van der Waals surface area contributed by atoms with Gasteiger partial charge >= 0.3 is 0 Å². The maximum Gasteiger partial charge on any atom is 0.269 e. The van der Waals surface area contributed by atoms with Gasteiger partial charge in [-0.3, -0.25) is 14.9 Å². The summed E-state index contributed by atoms with van der Waals surface area (Å²) in [7, 11) is 0. The third-order valence-corrected chi connectivity index (χ3v) is 4.50. The summed E-state index contributed by atoms with van der Waals surface area (Å²) in [5, 5.41) is 10.8. The van der Waals surface area contributed by atoms with Crippen molar-refractivity contribution < 1.29 is 18.5 Å². The van der Waals surface area contributed by atoms with Gasteiger partial charge in [0.2, 0.25) is 5.78 Å². The van der Waals surface area contributed by atoms with Crippen molar-refractivity contribution in [3.05, 3.63) is 112 Å². The van der Waals surface area contributed by atoms with Gasteiger partial charge in [-0.05, 0) is 72.8 Å². The summed E-state index contributed by atoms with van der Waals surface area (Å²) >= 11 is 0. The maximum atomic E-state index is 13.1. The first-order valence-corrected chi connectivity index (χ1v) is 9.01. The Bertz CT molecular complexity index is 1230. The third kappa shape index (κ3) is 3.95. The predicted octanol–water partition coefficient (Wildman–Crippen LogP) is 5.68. The summed E-state index contributed by atoms with van der Waals surface area (Å²) in [5.41, 5.74) is 2.14. The minimum absolute atomic E-state index is 0.00736. The monoisotopic (exact) mass is 402 g/mol. The number of nitro benzene ring substituents is 1. The van der Waals surface area contributed by atoms with Crippen molar-refractivity contribution in [2.24, 2.45) is 0 Å². The van der Waals surface area contributed by atoms with Crippen LogP contribution >= 0.6 is 0 Å². The number of nitro groups is 1. The molecule has 0 saturated carbocycles. The van der Waals surface area contributed by atoms with E-state index in [1.54, 1.807) is 53.2 Å². The molecule has 30 heavy (non-hydrogen) atoms. The Morgan fingerprint density at radius 1 is 1.00 bits per heavy atom. The van der Waals surface area contributed by atoms with Gasteiger partial charge in [0.1, 0.15) is 11.6 Å². The highest BCUT2D eigenvalue weighted by Gasteiger charge is 2.11. The van der Waals surface area contributed by atoms with E-state index in [4.69, 9.17) is 4.42 Å². The number of allylic oxidation sites excluding steroid dienone is 1. The average Bonchev–Trinajstić information content (AvgIpc) is 3.42. The fourth-order valence-electron chi connectivity index (χ4n) is 2.98. The van der Waals surface area contributed by atoms with Gasteiger partial charge in [-0.1, -0.05) is 0 Å². The molecule has 2 aromatic heterocycles. The van der Waals surface area contributed by atoms with Crippen molar-refractivity contribution in [1.82, 2.24) is 4.57 Å². The lowest BCUT2D eigenvalue weighted by Crippen LogP contribution is -1.96. The number of benzene rings is 2. The van der Waals surface area contributed by atoms with Crippen LogP contribution in [0.3, 0.4) is 0 Å². The van der Waals surface area contributed by atoms with Crippen LogP contribution in [-0.4, -0.2) is 15.3 Å². The number of ketones is 1. The highest BCUT2D eigenvalue weighted by molar-refractivity contribution is 6.05. The minimum atomic E-state index is -0.456. The molecule has 0 fully saturated rings. The largest absolute Gasteiger partial charge is 0.453 e. The lowest BCUT2D eigenvalue weighted by molar-refractivity contribution is -0.384. The first-order chi connectivity index (χ1) is 14.5. The number of halogens is 1. The van der Waals surface area contributed by atoms with Crippen molar-refractivity contribution in [3.8, 4) is 17.0 Å². The lowest BCUT2D eigenvalue weighted by atomic mass is 10.2. The summed E-state index contributed by atoms with van der Waals surface area (Å²) in [6.07, 6.45) is 4.83. The van der Waals surface area contributed by atoms with E-state index < -0.39 is 4.92 Å². The van der Waals surface area contributed by atoms with Crippen LogP contribution in [0.1, 0.15) is 16.2 Å². The highest BCUT2D eigenvalue weighted by Crippen LogP contribution is 2.23. The summed E-state index contributed by atoms with van der Waals surface area (Å²) in [4.78, 5) is 22.8. The van der Waals surface area contributed by atoms with E-state index in [1.807, 2.05) is 12.1 Å². The predicted molar refractivity (Wildman–Crippen MR) is 110 cm³/mol. The van der Waals surface area contributed by atoms with E-state index in [0.29, 0.717) is 11.3 Å². The average molecular weight is 402 g/mol. The lowest BCUT2D eigenvalue weighted by Gasteiger charge is -2.06. The van der Waals surface area contributed by atoms with Gasteiger partial charge in [-0.2, -0.15) is 0 Å². The van der Waals surface area contributed by atoms with Crippen LogP contribution in [-0.2, 0) is 0 Å². The van der Waals surface area contributed by atoms with Gasteiger partial charge in [-0.15, -0.1) is 0 Å². The molecule has 0 radical (unpaired) electrons. The molecule has 0 aliphatic heterocycles. The molecule has 0 atom stereocenters. The second kappa shape index (κ2) is 8.00. The Labute approximate surface area is 170 Å². The molecule has 0 unspecified atom stereocenters. The number of hydrogen-bond acceptors (Lipinski definition) is 4. The number of aromatic nitrogens is 1. The standard InChI is InChI=1S/C23H15FN2O4/c24-17-5-3-16(4-6-17)22-13-14-23(30-22)21(27)12-11-18-2-1-15-25(18)19-7-9-20(10-8-19)26(28)29/h1-15H. The van der Waals surface area contributed by atoms with Crippen LogP contribution < -0.4 is 0 Å². The molecule has 0 aliphatic carbocycles. The highest BCUT2D eigenvalue weighted by atomic mass is 19.1. The van der Waals surface area contributed by atoms with Crippen LogP contribution in [0.15, 0.2) is 89.5 Å². The SMILES string of the molecule is O=C(C=Cc1cccn1-c1ccc([N+](=O)[O-])cc1)c1ccc(-c2ccc(F)cc2)o1. The van der Waals surface area contributed by atoms with E-state index in [0.717, 1.165) is 11.4 Å². The Morgan fingerprint density at radius 2 is 1.73 bits per heavy atom. The van der Waals surface area contributed by atoms with Crippen molar-refractivity contribution in [2.45, 2.75) is 0 Å². The van der Waals surface area contributed by atoms with Gasteiger partial charge in [-0.25, -0.2) is 4.39 Å². The fourth-order valence-corrected chi connectivity index (χ4v) is 2.98. The summed E-state index contributed by atoms with van der Waals surface area (Å²) in [5.74, 6) is -0.0274. The van der Waals surface area contributed by atoms with Crippen molar-refractivity contribution in [1.29, 1.82) is 0 Å². The number of non-ortho nitro benzene ring substituents is 1. The molecule has 0 saturated heterocycles. The molecule has 2 heterocycles. The number of furan rings is 1. The molecule has 7 heteroatoms. The van der Waals surface area contributed by atoms with Gasteiger partial charge in [0, 0.05) is 35.3 Å². The molecule has 0 N–H and O–H groups in total. The minimum Gasteiger partial charge on any atom is -0.453 e. The fraction of sp³-hybridized carbons (Fsp3) is 0. The van der Waals surface area contributed by atoms with Crippen LogP contribution in [0, 0.1) is 15.9 Å². The summed E-state index contributed by atoms with van der Waals surface area (Å²) < 4.78 is 20.5. The van der Waals surface area contributed by atoms with E-state index >= 15 is 0 Å². The van der Waals surface area contributed by atoms with Crippen LogP contribution in [0.5, 0.6) is 0 Å². The Morgan fingerprint density at radius 3 is 2.43 bits per heavy atom. The molecule has 2 aromatic carbocycles. The number of carbonyl (C=O) groups excluding carboxylic acids is 1. The van der Waals surface area contributed by atoms with Gasteiger partial charge in [0.15, 0.2) is 5.76 Å². The summed E-state index contributed by atoms with van der Waals surface area (Å²) in [6.45, 7) is 0. The smallest absolute Gasteiger partial charge is 0.269 e. The molecule has 6 nitrogen and oxygen atoms in total.